The zero-order valence-corrected chi connectivity index (χ0v) is 17.0. The fraction of sp³-hybridized carbons (Fsp3) is 0.421. The minimum absolute atomic E-state index is 0.190. The summed E-state index contributed by atoms with van der Waals surface area (Å²) in [5.41, 5.74) is -0.0643. The molecule has 0 bridgehead atoms. The fourth-order valence-corrected chi connectivity index (χ4v) is 3.13. The Morgan fingerprint density at radius 1 is 1.10 bits per heavy atom. The molecule has 0 saturated heterocycles. The molecule has 0 fully saturated rings. The summed E-state index contributed by atoms with van der Waals surface area (Å²) in [6, 6.07) is 3.40. The van der Waals surface area contributed by atoms with Crippen LogP contribution in [0.3, 0.4) is 0 Å². The molecule has 0 aromatic heterocycles. The molecule has 0 aliphatic carbocycles. The molecule has 3 unspecified atom stereocenters. The SMILES string of the molecule is CC(=O)On1c(=O)nc2n(CC(O)C(O)C(O)CO)c3cc(C)c(C)cc3nc-2c1=O. The van der Waals surface area contributed by atoms with Gasteiger partial charge in [0, 0.05) is 6.92 Å². The summed E-state index contributed by atoms with van der Waals surface area (Å²) in [6.45, 7) is 3.50. The molecule has 3 rings (SSSR count). The minimum atomic E-state index is -1.71. The zero-order valence-electron chi connectivity index (χ0n) is 17.0. The number of carbonyl (C=O) groups excluding carboxylic acids is 1. The van der Waals surface area contributed by atoms with Gasteiger partial charge in [-0.25, -0.2) is 14.6 Å². The summed E-state index contributed by atoms with van der Waals surface area (Å²) in [5, 5.41) is 39.1. The molecule has 166 valence electrons. The van der Waals surface area contributed by atoms with Crippen molar-refractivity contribution in [3.8, 4) is 11.5 Å². The van der Waals surface area contributed by atoms with Crippen LogP contribution in [0.15, 0.2) is 21.7 Å². The van der Waals surface area contributed by atoms with Crippen LogP contribution in [0, 0.1) is 13.8 Å². The first-order chi connectivity index (χ1) is 14.5. The maximum Gasteiger partial charge on any atom is 0.386 e. The number of aromatic nitrogens is 4. The summed E-state index contributed by atoms with van der Waals surface area (Å²) in [5.74, 6) is -1.11. The van der Waals surface area contributed by atoms with E-state index >= 15 is 0 Å². The van der Waals surface area contributed by atoms with Gasteiger partial charge in [0.1, 0.15) is 18.3 Å². The Morgan fingerprint density at radius 2 is 1.74 bits per heavy atom. The molecule has 0 amide bonds. The molecule has 1 aromatic carbocycles. The van der Waals surface area contributed by atoms with Crippen LogP contribution in [-0.2, 0) is 11.3 Å². The van der Waals surface area contributed by atoms with Gasteiger partial charge in [-0.1, -0.05) is 4.73 Å². The van der Waals surface area contributed by atoms with Gasteiger partial charge in [0.15, 0.2) is 11.5 Å². The molecule has 2 aliphatic heterocycles. The van der Waals surface area contributed by atoms with E-state index in [1.54, 1.807) is 12.1 Å². The van der Waals surface area contributed by atoms with Crippen LogP contribution in [0.25, 0.3) is 22.6 Å². The molecule has 0 saturated carbocycles. The van der Waals surface area contributed by atoms with Crippen LogP contribution in [0.1, 0.15) is 18.1 Å². The van der Waals surface area contributed by atoms with Crippen molar-refractivity contribution in [1.29, 1.82) is 0 Å². The smallest absolute Gasteiger partial charge is 0.386 e. The van der Waals surface area contributed by atoms with E-state index in [1.807, 2.05) is 13.8 Å². The molecule has 3 atom stereocenters. The Balaban J connectivity index is 2.33. The van der Waals surface area contributed by atoms with Crippen LogP contribution in [0.5, 0.6) is 0 Å². The third-order valence-corrected chi connectivity index (χ3v) is 4.91. The minimum Gasteiger partial charge on any atom is -0.394 e. The van der Waals surface area contributed by atoms with Crippen LogP contribution in [-0.4, -0.2) is 70.6 Å². The number of hydrogen-bond donors (Lipinski definition) is 4. The largest absolute Gasteiger partial charge is 0.394 e. The summed E-state index contributed by atoms with van der Waals surface area (Å²) in [7, 11) is 0. The van der Waals surface area contributed by atoms with Crippen molar-refractivity contribution in [3.05, 3.63) is 44.1 Å². The van der Waals surface area contributed by atoms with Crippen LogP contribution in [0.4, 0.5) is 0 Å². The highest BCUT2D eigenvalue weighted by molar-refractivity contribution is 5.81. The molecule has 31 heavy (non-hydrogen) atoms. The lowest BCUT2D eigenvalue weighted by molar-refractivity contribution is -0.142. The first kappa shape index (κ1) is 22.5. The second-order valence-corrected chi connectivity index (χ2v) is 7.20. The molecule has 0 spiro atoms. The van der Waals surface area contributed by atoms with E-state index in [-0.39, 0.29) is 22.8 Å². The zero-order chi connectivity index (χ0) is 23.0. The Hall–Kier alpha value is -3.19. The molecular formula is C19H22N4O8. The highest BCUT2D eigenvalue weighted by Gasteiger charge is 2.28. The molecule has 1 aromatic rings. The van der Waals surface area contributed by atoms with E-state index in [0.717, 1.165) is 18.1 Å². The molecule has 2 aliphatic rings. The van der Waals surface area contributed by atoms with E-state index in [4.69, 9.17) is 5.11 Å². The van der Waals surface area contributed by atoms with Crippen molar-refractivity contribution in [1.82, 2.24) is 19.3 Å². The summed E-state index contributed by atoms with van der Waals surface area (Å²) < 4.78 is 1.50. The number of aliphatic hydroxyl groups is 4. The van der Waals surface area contributed by atoms with Crippen molar-refractivity contribution in [3.63, 3.8) is 0 Å². The monoisotopic (exact) mass is 434 g/mol. The molecule has 2 heterocycles. The van der Waals surface area contributed by atoms with Gasteiger partial charge in [0.2, 0.25) is 0 Å². The number of rotatable bonds is 6. The summed E-state index contributed by atoms with van der Waals surface area (Å²) in [4.78, 5) is 49.1. The van der Waals surface area contributed by atoms with Crippen molar-refractivity contribution in [2.75, 3.05) is 6.61 Å². The first-order valence-electron chi connectivity index (χ1n) is 9.33. The average Bonchev–Trinajstić information content (AvgIpc) is 2.71. The molecular weight excluding hydrogens is 412 g/mol. The van der Waals surface area contributed by atoms with E-state index in [2.05, 4.69) is 14.8 Å². The summed E-state index contributed by atoms with van der Waals surface area (Å²) in [6.07, 6.45) is -4.91. The Kier molecular flexibility index (Phi) is 6.18. The number of aliphatic hydroxyl groups excluding tert-OH is 4. The Morgan fingerprint density at radius 3 is 2.35 bits per heavy atom. The van der Waals surface area contributed by atoms with Crippen molar-refractivity contribution in [2.45, 2.75) is 45.6 Å². The van der Waals surface area contributed by atoms with Gasteiger partial charge in [0.05, 0.1) is 24.2 Å². The topological polar surface area (TPSA) is 177 Å². The van der Waals surface area contributed by atoms with E-state index < -0.39 is 42.1 Å². The maximum absolute atomic E-state index is 12.8. The van der Waals surface area contributed by atoms with Gasteiger partial charge < -0.3 is 29.8 Å². The van der Waals surface area contributed by atoms with Crippen LogP contribution < -0.4 is 16.1 Å². The third-order valence-electron chi connectivity index (χ3n) is 4.91. The number of benzene rings is 1. The van der Waals surface area contributed by atoms with Gasteiger partial charge in [-0.05, 0) is 37.1 Å². The van der Waals surface area contributed by atoms with Crippen molar-refractivity contribution >= 4 is 17.0 Å². The number of nitrogens with zero attached hydrogens (tertiary/aromatic N) is 4. The number of hydrogen-bond acceptors (Lipinski definition) is 10. The Bertz CT molecular complexity index is 1230. The lowest BCUT2D eigenvalue weighted by atomic mass is 10.1. The molecule has 12 nitrogen and oxygen atoms in total. The van der Waals surface area contributed by atoms with Crippen molar-refractivity contribution < 1.29 is 30.1 Å². The first-order valence-corrected chi connectivity index (χ1v) is 9.33. The number of carbonyl (C=O) groups is 1. The van der Waals surface area contributed by atoms with Gasteiger partial charge in [0.25, 0.3) is 0 Å². The van der Waals surface area contributed by atoms with E-state index in [1.165, 1.54) is 4.57 Å². The standard InChI is InChI=1S/C19H22N4O8/c1-8-4-11-12(5-9(8)2)22(6-13(26)16(28)14(27)7-24)17-15(20-11)18(29)23(19(30)21-17)31-10(3)25/h4-5,13-14,16,24,26-28H,6-7H2,1-3H3. The highest BCUT2D eigenvalue weighted by atomic mass is 16.7. The number of fused-ring (bicyclic) bond motifs is 2. The molecule has 4 N–H and O–H groups in total. The van der Waals surface area contributed by atoms with Gasteiger partial charge >= 0.3 is 17.2 Å². The third kappa shape index (κ3) is 4.18. The lowest BCUT2D eigenvalue weighted by Crippen LogP contribution is -2.45. The highest BCUT2D eigenvalue weighted by Crippen LogP contribution is 2.24. The Labute approximate surface area is 174 Å². The second-order valence-electron chi connectivity index (χ2n) is 7.20. The molecule has 0 radical (unpaired) electrons. The van der Waals surface area contributed by atoms with Gasteiger partial charge in [-0.3, -0.25) is 4.79 Å². The molecule has 12 heteroatoms. The predicted octanol–water partition coefficient (Wildman–Crippen LogP) is -2.28. The lowest BCUT2D eigenvalue weighted by Gasteiger charge is -2.25. The average molecular weight is 434 g/mol. The number of aryl methyl sites for hydroxylation is 2. The van der Waals surface area contributed by atoms with Crippen LogP contribution >= 0.6 is 0 Å². The quantitative estimate of drug-likeness (QED) is 0.309. The van der Waals surface area contributed by atoms with Crippen molar-refractivity contribution in [2.24, 2.45) is 0 Å². The van der Waals surface area contributed by atoms with Gasteiger partial charge in [-0.15, -0.1) is 0 Å². The normalized spacial score (nSPS) is 14.5. The van der Waals surface area contributed by atoms with E-state index in [9.17, 15) is 29.7 Å². The second kappa shape index (κ2) is 8.51. The van der Waals surface area contributed by atoms with E-state index in [0.29, 0.717) is 11.0 Å². The maximum atomic E-state index is 12.8. The van der Waals surface area contributed by atoms with Crippen LogP contribution in [0.2, 0.25) is 0 Å². The fourth-order valence-electron chi connectivity index (χ4n) is 3.13. The van der Waals surface area contributed by atoms with Gasteiger partial charge in [-0.2, -0.15) is 4.98 Å². The summed E-state index contributed by atoms with van der Waals surface area (Å²) >= 11 is 0. The predicted molar refractivity (Wildman–Crippen MR) is 107 cm³/mol.